The summed E-state index contributed by atoms with van der Waals surface area (Å²) in [6, 6.07) is 7.08. The van der Waals surface area contributed by atoms with Crippen LogP contribution in [0.3, 0.4) is 0 Å². The van der Waals surface area contributed by atoms with Gasteiger partial charge in [-0.15, -0.1) is 0 Å². The molecule has 2 N–H and O–H groups in total. The molecule has 1 saturated heterocycles. The highest BCUT2D eigenvalue weighted by Crippen LogP contribution is 2.19. The zero-order valence-corrected chi connectivity index (χ0v) is 10.1. The average molecular weight is 234 g/mol. The molecule has 1 aromatic carbocycles. The number of hydrogen-bond donors (Lipinski definition) is 1. The Bertz CT molecular complexity index is 389. The number of amides is 1. The van der Waals surface area contributed by atoms with Gasteiger partial charge >= 0.3 is 0 Å². The molecule has 0 spiro atoms. The van der Waals surface area contributed by atoms with Crippen LogP contribution >= 0.6 is 0 Å². The molecule has 1 aliphatic heterocycles. The summed E-state index contributed by atoms with van der Waals surface area (Å²) in [4.78, 5) is 14.0. The third kappa shape index (κ3) is 2.77. The van der Waals surface area contributed by atoms with Crippen LogP contribution in [0.1, 0.15) is 16.8 Å². The fourth-order valence-electron chi connectivity index (χ4n) is 2.20. The lowest BCUT2D eigenvalue weighted by Gasteiger charge is -2.16. The molecule has 4 nitrogen and oxygen atoms in total. The van der Waals surface area contributed by atoms with Crippen LogP contribution < -0.4 is 5.73 Å². The van der Waals surface area contributed by atoms with Gasteiger partial charge in [0, 0.05) is 37.4 Å². The Kier molecular flexibility index (Phi) is 3.64. The van der Waals surface area contributed by atoms with Crippen molar-refractivity contribution < 1.29 is 9.53 Å². The lowest BCUT2D eigenvalue weighted by atomic mass is 10.1. The Morgan fingerprint density at radius 2 is 2.18 bits per heavy atom. The molecule has 1 aromatic rings. The Labute approximate surface area is 101 Å². The molecule has 17 heavy (non-hydrogen) atoms. The summed E-state index contributed by atoms with van der Waals surface area (Å²) in [5.41, 5.74) is 6.99. The molecule has 1 heterocycles. The number of nitrogens with zero attached hydrogens (tertiary/aromatic N) is 1. The van der Waals surface area contributed by atoms with Crippen molar-refractivity contribution in [2.24, 2.45) is 5.92 Å². The van der Waals surface area contributed by atoms with E-state index in [1.807, 2.05) is 4.90 Å². The van der Waals surface area contributed by atoms with Crippen molar-refractivity contribution in [1.82, 2.24) is 4.90 Å². The maximum Gasteiger partial charge on any atom is 0.253 e. The summed E-state index contributed by atoms with van der Waals surface area (Å²) >= 11 is 0. The van der Waals surface area contributed by atoms with E-state index in [0.717, 1.165) is 26.1 Å². The molecule has 2 rings (SSSR count). The van der Waals surface area contributed by atoms with E-state index in [1.54, 1.807) is 31.4 Å². The van der Waals surface area contributed by atoms with Gasteiger partial charge in [0.05, 0.1) is 6.61 Å². The number of carbonyl (C=O) groups excluding carboxylic acids is 1. The van der Waals surface area contributed by atoms with Crippen LogP contribution in [0.5, 0.6) is 0 Å². The second-order valence-electron chi connectivity index (χ2n) is 4.48. The SMILES string of the molecule is COCC1CCN(C(=O)c2ccc(N)cc2)C1. The third-order valence-electron chi connectivity index (χ3n) is 3.13. The monoisotopic (exact) mass is 234 g/mol. The van der Waals surface area contributed by atoms with Crippen molar-refractivity contribution in [3.8, 4) is 0 Å². The number of nitrogens with two attached hydrogens (primary N) is 1. The second-order valence-corrected chi connectivity index (χ2v) is 4.48. The lowest BCUT2D eigenvalue weighted by molar-refractivity contribution is 0.0775. The molecule has 92 valence electrons. The van der Waals surface area contributed by atoms with E-state index in [0.29, 0.717) is 17.2 Å². The Hall–Kier alpha value is -1.55. The summed E-state index contributed by atoms with van der Waals surface area (Å²) in [6.45, 7) is 2.33. The summed E-state index contributed by atoms with van der Waals surface area (Å²) in [6.07, 6.45) is 1.02. The summed E-state index contributed by atoms with van der Waals surface area (Å²) in [5, 5.41) is 0. The zero-order valence-electron chi connectivity index (χ0n) is 10.1. The highest BCUT2D eigenvalue weighted by atomic mass is 16.5. The number of anilines is 1. The molecule has 1 atom stereocenters. The van der Waals surface area contributed by atoms with Gasteiger partial charge in [0.1, 0.15) is 0 Å². The maximum atomic E-state index is 12.2. The Morgan fingerprint density at radius 3 is 2.82 bits per heavy atom. The smallest absolute Gasteiger partial charge is 0.253 e. The minimum absolute atomic E-state index is 0.0867. The fraction of sp³-hybridized carbons (Fsp3) is 0.462. The molecular formula is C13H18N2O2. The van der Waals surface area contributed by atoms with E-state index in [4.69, 9.17) is 10.5 Å². The fourth-order valence-corrected chi connectivity index (χ4v) is 2.20. The molecule has 4 heteroatoms. The molecule has 0 aliphatic carbocycles. The van der Waals surface area contributed by atoms with Crippen LogP contribution in [-0.2, 0) is 4.74 Å². The molecule has 1 unspecified atom stereocenters. The van der Waals surface area contributed by atoms with Gasteiger partial charge in [0.15, 0.2) is 0 Å². The van der Waals surface area contributed by atoms with E-state index < -0.39 is 0 Å². The van der Waals surface area contributed by atoms with Crippen molar-refractivity contribution in [2.45, 2.75) is 6.42 Å². The van der Waals surface area contributed by atoms with Crippen LogP contribution in [0, 0.1) is 5.92 Å². The van der Waals surface area contributed by atoms with E-state index >= 15 is 0 Å². The van der Waals surface area contributed by atoms with Crippen molar-refractivity contribution in [3.05, 3.63) is 29.8 Å². The first-order valence-electron chi connectivity index (χ1n) is 5.84. The van der Waals surface area contributed by atoms with Crippen molar-refractivity contribution >= 4 is 11.6 Å². The normalized spacial score (nSPS) is 19.6. The number of likely N-dealkylation sites (tertiary alicyclic amines) is 1. The first-order chi connectivity index (χ1) is 8.20. The number of carbonyl (C=O) groups is 1. The predicted octanol–water partition coefficient (Wildman–Crippen LogP) is 1.38. The van der Waals surface area contributed by atoms with Crippen molar-refractivity contribution in [3.63, 3.8) is 0 Å². The van der Waals surface area contributed by atoms with Gasteiger partial charge in [-0.05, 0) is 30.7 Å². The summed E-state index contributed by atoms with van der Waals surface area (Å²) < 4.78 is 5.12. The molecule has 0 aromatic heterocycles. The first-order valence-corrected chi connectivity index (χ1v) is 5.84. The van der Waals surface area contributed by atoms with Gasteiger partial charge < -0.3 is 15.4 Å². The molecule has 0 saturated carbocycles. The Morgan fingerprint density at radius 1 is 1.47 bits per heavy atom. The number of nitrogen functional groups attached to an aromatic ring is 1. The van der Waals surface area contributed by atoms with Crippen LogP contribution in [-0.4, -0.2) is 37.6 Å². The molecule has 1 aliphatic rings. The minimum Gasteiger partial charge on any atom is -0.399 e. The summed E-state index contributed by atoms with van der Waals surface area (Å²) in [7, 11) is 1.70. The van der Waals surface area contributed by atoms with Gasteiger partial charge in [-0.1, -0.05) is 0 Å². The largest absolute Gasteiger partial charge is 0.399 e. The number of methoxy groups -OCH3 is 1. The van der Waals surface area contributed by atoms with E-state index in [1.165, 1.54) is 0 Å². The van der Waals surface area contributed by atoms with Gasteiger partial charge in [0.2, 0.25) is 0 Å². The molecule has 0 bridgehead atoms. The number of rotatable bonds is 3. The van der Waals surface area contributed by atoms with Gasteiger partial charge in [-0.3, -0.25) is 4.79 Å². The number of benzene rings is 1. The average Bonchev–Trinajstić information content (AvgIpc) is 2.78. The van der Waals surface area contributed by atoms with E-state index in [2.05, 4.69) is 0 Å². The second kappa shape index (κ2) is 5.19. The quantitative estimate of drug-likeness (QED) is 0.804. The summed E-state index contributed by atoms with van der Waals surface area (Å²) in [5.74, 6) is 0.557. The minimum atomic E-state index is 0.0867. The van der Waals surface area contributed by atoms with E-state index in [9.17, 15) is 4.79 Å². The molecule has 1 amide bonds. The molecule has 0 radical (unpaired) electrons. The Balaban J connectivity index is 1.99. The van der Waals surface area contributed by atoms with Crippen LogP contribution in [0.25, 0.3) is 0 Å². The molecule has 1 fully saturated rings. The van der Waals surface area contributed by atoms with Crippen molar-refractivity contribution in [2.75, 3.05) is 32.5 Å². The molecular weight excluding hydrogens is 216 g/mol. The van der Waals surface area contributed by atoms with Gasteiger partial charge in [-0.2, -0.15) is 0 Å². The third-order valence-corrected chi connectivity index (χ3v) is 3.13. The first kappa shape index (κ1) is 11.9. The number of hydrogen-bond acceptors (Lipinski definition) is 3. The highest BCUT2D eigenvalue weighted by molar-refractivity contribution is 5.94. The lowest BCUT2D eigenvalue weighted by Crippen LogP contribution is -2.29. The topological polar surface area (TPSA) is 55.6 Å². The zero-order chi connectivity index (χ0) is 12.3. The maximum absolute atomic E-state index is 12.2. The van der Waals surface area contributed by atoms with Crippen molar-refractivity contribution in [1.29, 1.82) is 0 Å². The van der Waals surface area contributed by atoms with Crippen LogP contribution in [0.4, 0.5) is 5.69 Å². The standard InChI is InChI=1S/C13H18N2O2/c1-17-9-10-6-7-15(8-10)13(16)11-2-4-12(14)5-3-11/h2-5,10H,6-9,14H2,1H3. The van der Waals surface area contributed by atoms with E-state index in [-0.39, 0.29) is 5.91 Å². The van der Waals surface area contributed by atoms with Gasteiger partial charge in [-0.25, -0.2) is 0 Å². The highest BCUT2D eigenvalue weighted by Gasteiger charge is 2.26. The van der Waals surface area contributed by atoms with Crippen LogP contribution in [0.15, 0.2) is 24.3 Å². The van der Waals surface area contributed by atoms with Crippen LogP contribution in [0.2, 0.25) is 0 Å². The number of ether oxygens (including phenoxy) is 1. The van der Waals surface area contributed by atoms with Gasteiger partial charge in [0.25, 0.3) is 5.91 Å². The predicted molar refractivity (Wildman–Crippen MR) is 66.7 cm³/mol.